The number of likely N-dealkylation sites (tertiary alicyclic amines) is 1. The summed E-state index contributed by atoms with van der Waals surface area (Å²) in [5.74, 6) is 0.621. The molecular formula is C19H25FN4O4. The molecule has 1 aliphatic heterocycles. The van der Waals surface area contributed by atoms with Gasteiger partial charge in [0.2, 0.25) is 11.8 Å². The Morgan fingerprint density at radius 1 is 1.39 bits per heavy atom. The molecule has 1 saturated heterocycles. The lowest BCUT2D eigenvalue weighted by atomic mass is 9.91. The molecule has 1 amide bonds. The lowest BCUT2D eigenvalue weighted by molar-refractivity contribution is -0.157. The largest absolute Gasteiger partial charge is 0.497 e. The van der Waals surface area contributed by atoms with Crippen LogP contribution in [0.5, 0.6) is 5.75 Å². The molecule has 9 heteroatoms. The molecule has 28 heavy (non-hydrogen) atoms. The lowest BCUT2D eigenvalue weighted by Gasteiger charge is -2.38. The molecule has 1 fully saturated rings. The summed E-state index contributed by atoms with van der Waals surface area (Å²) < 4.78 is 24.6. The van der Waals surface area contributed by atoms with Crippen molar-refractivity contribution in [3.8, 4) is 5.75 Å². The van der Waals surface area contributed by atoms with Gasteiger partial charge in [-0.2, -0.15) is 0 Å². The monoisotopic (exact) mass is 392 g/mol. The van der Waals surface area contributed by atoms with E-state index < -0.39 is 17.3 Å². The molecule has 3 rings (SSSR count). The van der Waals surface area contributed by atoms with Crippen LogP contribution in [-0.4, -0.2) is 51.9 Å². The van der Waals surface area contributed by atoms with Gasteiger partial charge in [0.1, 0.15) is 11.6 Å². The van der Waals surface area contributed by atoms with Crippen LogP contribution in [0.2, 0.25) is 0 Å². The quantitative estimate of drug-likeness (QED) is 0.701. The van der Waals surface area contributed by atoms with Crippen LogP contribution >= 0.6 is 0 Å². The van der Waals surface area contributed by atoms with Gasteiger partial charge in [0.05, 0.1) is 13.7 Å². The van der Waals surface area contributed by atoms with Gasteiger partial charge in [-0.25, -0.2) is 4.39 Å². The van der Waals surface area contributed by atoms with Crippen molar-refractivity contribution in [2.45, 2.75) is 44.9 Å². The van der Waals surface area contributed by atoms with Crippen molar-refractivity contribution in [3.05, 3.63) is 41.4 Å². The summed E-state index contributed by atoms with van der Waals surface area (Å²) in [6.45, 7) is 2.75. The second-order valence-electron chi connectivity index (χ2n) is 6.87. The summed E-state index contributed by atoms with van der Waals surface area (Å²) in [4.78, 5) is 14.3. The van der Waals surface area contributed by atoms with E-state index in [9.17, 15) is 14.3 Å². The number of piperidine rings is 1. The highest BCUT2D eigenvalue weighted by atomic mass is 19.1. The van der Waals surface area contributed by atoms with Gasteiger partial charge in [-0.15, -0.1) is 10.2 Å². The van der Waals surface area contributed by atoms with Crippen molar-refractivity contribution in [3.63, 3.8) is 0 Å². The maximum absolute atomic E-state index is 14.1. The van der Waals surface area contributed by atoms with Crippen LogP contribution in [0.25, 0.3) is 0 Å². The summed E-state index contributed by atoms with van der Waals surface area (Å²) >= 11 is 0. The lowest BCUT2D eigenvalue weighted by Crippen LogP contribution is -2.57. The topological polar surface area (TPSA) is 101 Å². The molecule has 2 aromatic rings. The highest BCUT2D eigenvalue weighted by molar-refractivity contribution is 5.86. The molecule has 0 saturated carbocycles. The van der Waals surface area contributed by atoms with Gasteiger partial charge < -0.3 is 24.5 Å². The molecule has 1 aliphatic rings. The molecule has 0 spiro atoms. The minimum Gasteiger partial charge on any atom is -0.497 e. The number of nitrogens with one attached hydrogen (secondary N) is 1. The van der Waals surface area contributed by atoms with Crippen molar-refractivity contribution in [1.29, 1.82) is 0 Å². The van der Waals surface area contributed by atoms with Crippen LogP contribution in [-0.2, 0) is 24.3 Å². The number of hydrogen-bond donors (Lipinski definition) is 2. The first-order valence-corrected chi connectivity index (χ1v) is 9.31. The number of ether oxygens (including phenoxy) is 1. The molecule has 1 aromatic carbocycles. The number of aliphatic hydroxyl groups is 1. The van der Waals surface area contributed by atoms with Crippen molar-refractivity contribution >= 4 is 5.91 Å². The molecule has 1 atom stereocenters. The Balaban J connectivity index is 1.62. The van der Waals surface area contributed by atoms with E-state index >= 15 is 0 Å². The maximum atomic E-state index is 14.1. The van der Waals surface area contributed by atoms with Gasteiger partial charge >= 0.3 is 0 Å². The first-order valence-electron chi connectivity index (χ1n) is 9.31. The fourth-order valence-corrected chi connectivity index (χ4v) is 3.26. The standard InChI is InChI=1S/C19H25FN4O4/c1-3-16-22-23-17(28-16)10-21-12-19(26)7-4-8-24(18(19)25)11-13-9-14(27-2)5-6-15(13)20/h5-6,9,21,26H,3-4,7-8,10-12H2,1-2H3/t19-/m1/s1. The predicted octanol–water partition coefficient (Wildman–Crippen LogP) is 1.42. The third-order valence-electron chi connectivity index (χ3n) is 4.82. The molecule has 2 heterocycles. The minimum absolute atomic E-state index is 0.0484. The third kappa shape index (κ3) is 4.48. The molecule has 0 radical (unpaired) electrons. The van der Waals surface area contributed by atoms with E-state index in [0.29, 0.717) is 48.9 Å². The number of benzene rings is 1. The summed E-state index contributed by atoms with van der Waals surface area (Å²) in [6, 6.07) is 4.40. The second-order valence-corrected chi connectivity index (χ2v) is 6.87. The average Bonchev–Trinajstić information content (AvgIpc) is 3.15. The zero-order valence-corrected chi connectivity index (χ0v) is 16.1. The highest BCUT2D eigenvalue weighted by Gasteiger charge is 2.42. The molecule has 8 nitrogen and oxygen atoms in total. The first-order chi connectivity index (χ1) is 13.4. The zero-order chi connectivity index (χ0) is 20.1. The normalized spacial score (nSPS) is 19.9. The number of hydrogen-bond acceptors (Lipinski definition) is 7. The minimum atomic E-state index is -1.55. The van der Waals surface area contributed by atoms with Crippen LogP contribution in [0.1, 0.15) is 37.1 Å². The van der Waals surface area contributed by atoms with E-state index in [1.807, 2.05) is 6.92 Å². The summed E-state index contributed by atoms with van der Waals surface area (Å²) in [5, 5.41) is 21.6. The van der Waals surface area contributed by atoms with Crippen LogP contribution in [0.15, 0.2) is 22.6 Å². The Morgan fingerprint density at radius 3 is 2.89 bits per heavy atom. The summed E-state index contributed by atoms with van der Waals surface area (Å²) in [5.41, 5.74) is -1.20. The predicted molar refractivity (Wildman–Crippen MR) is 97.9 cm³/mol. The smallest absolute Gasteiger partial charge is 0.256 e. The van der Waals surface area contributed by atoms with Gasteiger partial charge in [-0.3, -0.25) is 4.79 Å². The molecule has 2 N–H and O–H groups in total. The van der Waals surface area contributed by atoms with Gasteiger partial charge in [0, 0.05) is 31.6 Å². The Kier molecular flexibility index (Phi) is 6.25. The average molecular weight is 392 g/mol. The summed E-state index contributed by atoms with van der Waals surface area (Å²) in [7, 11) is 1.50. The number of aryl methyl sites for hydroxylation is 1. The van der Waals surface area contributed by atoms with Crippen LogP contribution in [0.3, 0.4) is 0 Å². The maximum Gasteiger partial charge on any atom is 0.256 e. The molecular weight excluding hydrogens is 367 g/mol. The Morgan fingerprint density at radius 2 is 2.18 bits per heavy atom. The molecule has 1 aromatic heterocycles. The number of carbonyl (C=O) groups excluding carboxylic acids is 1. The number of amides is 1. The Bertz CT molecular complexity index is 828. The van der Waals surface area contributed by atoms with Gasteiger partial charge in [-0.05, 0) is 31.0 Å². The highest BCUT2D eigenvalue weighted by Crippen LogP contribution is 2.26. The number of halogens is 1. The van der Waals surface area contributed by atoms with E-state index in [0.717, 1.165) is 0 Å². The number of carbonyl (C=O) groups is 1. The van der Waals surface area contributed by atoms with Gasteiger partial charge in [-0.1, -0.05) is 6.92 Å². The van der Waals surface area contributed by atoms with Gasteiger partial charge in [0.15, 0.2) is 5.60 Å². The van der Waals surface area contributed by atoms with Crippen molar-refractivity contribution in [1.82, 2.24) is 20.4 Å². The van der Waals surface area contributed by atoms with Crippen molar-refractivity contribution in [2.75, 3.05) is 20.2 Å². The second kappa shape index (κ2) is 8.66. The van der Waals surface area contributed by atoms with E-state index in [4.69, 9.17) is 9.15 Å². The first kappa shape index (κ1) is 20.2. The number of methoxy groups -OCH3 is 1. The fourth-order valence-electron chi connectivity index (χ4n) is 3.26. The molecule has 152 valence electrons. The van der Waals surface area contributed by atoms with Crippen molar-refractivity contribution < 1.29 is 23.4 Å². The Hall–Kier alpha value is -2.52. The third-order valence-corrected chi connectivity index (χ3v) is 4.82. The van der Waals surface area contributed by atoms with Crippen molar-refractivity contribution in [2.24, 2.45) is 0 Å². The molecule has 0 unspecified atom stereocenters. The number of aromatic nitrogens is 2. The van der Waals surface area contributed by atoms with Crippen LogP contribution in [0.4, 0.5) is 4.39 Å². The molecule has 0 bridgehead atoms. The van der Waals surface area contributed by atoms with E-state index in [1.165, 1.54) is 24.1 Å². The van der Waals surface area contributed by atoms with Gasteiger partial charge in [0.25, 0.3) is 5.91 Å². The molecule has 0 aliphatic carbocycles. The number of nitrogens with zero attached hydrogens (tertiary/aromatic N) is 3. The SMILES string of the molecule is CCc1nnc(CNC[C@]2(O)CCCN(Cc3cc(OC)ccc3F)C2=O)o1. The number of rotatable bonds is 8. The Labute approximate surface area is 162 Å². The van der Waals surface area contributed by atoms with Crippen LogP contribution in [0, 0.1) is 5.82 Å². The van der Waals surface area contributed by atoms with Crippen LogP contribution < -0.4 is 10.1 Å². The van der Waals surface area contributed by atoms with E-state index in [-0.39, 0.29) is 19.6 Å². The summed E-state index contributed by atoms with van der Waals surface area (Å²) in [6.07, 6.45) is 1.60. The zero-order valence-electron chi connectivity index (χ0n) is 16.1. The van der Waals surface area contributed by atoms with E-state index in [1.54, 1.807) is 6.07 Å². The fraction of sp³-hybridized carbons (Fsp3) is 0.526. The van der Waals surface area contributed by atoms with E-state index in [2.05, 4.69) is 15.5 Å².